The van der Waals surface area contributed by atoms with Gasteiger partial charge < -0.3 is 25.3 Å². The van der Waals surface area contributed by atoms with Crippen LogP contribution >= 0.6 is 11.3 Å². The van der Waals surface area contributed by atoms with Crippen molar-refractivity contribution in [3.8, 4) is 28.0 Å². The van der Waals surface area contributed by atoms with E-state index >= 15 is 0 Å². The zero-order valence-electron chi connectivity index (χ0n) is 18.6. The predicted octanol–water partition coefficient (Wildman–Crippen LogP) is 3.32. The summed E-state index contributed by atoms with van der Waals surface area (Å²) in [6.07, 6.45) is 0.410. The first-order valence-corrected chi connectivity index (χ1v) is 11.0. The van der Waals surface area contributed by atoms with Gasteiger partial charge in [-0.1, -0.05) is 11.3 Å². The Morgan fingerprint density at radius 3 is 2.59 bits per heavy atom. The normalized spacial score (nSPS) is 15.3. The van der Waals surface area contributed by atoms with E-state index in [2.05, 4.69) is 20.3 Å². The third-order valence-electron chi connectivity index (χ3n) is 5.12. The van der Waals surface area contributed by atoms with Gasteiger partial charge in [-0.15, -0.1) is 0 Å². The van der Waals surface area contributed by atoms with E-state index in [9.17, 15) is 4.79 Å². The molecule has 3 heterocycles. The molecule has 0 aliphatic carbocycles. The average molecular weight is 456 g/mol. The first-order valence-electron chi connectivity index (χ1n) is 10.1. The number of benzene rings is 1. The van der Waals surface area contributed by atoms with Crippen LogP contribution in [0.1, 0.15) is 47.2 Å². The highest BCUT2D eigenvalue weighted by Crippen LogP contribution is 2.41. The van der Waals surface area contributed by atoms with Crippen LogP contribution in [0.4, 0.5) is 5.95 Å². The molecule has 3 aromatic rings. The Bertz CT molecular complexity index is 1180. The summed E-state index contributed by atoms with van der Waals surface area (Å²) in [4.78, 5) is 26.0. The number of hydrogen-bond acceptors (Lipinski definition) is 9. The fourth-order valence-electron chi connectivity index (χ4n) is 3.83. The molecule has 1 aromatic carbocycles. The highest BCUT2D eigenvalue weighted by atomic mass is 32.1. The minimum absolute atomic E-state index is 0.0449. The van der Waals surface area contributed by atoms with Crippen LogP contribution in [0.2, 0.25) is 0 Å². The lowest BCUT2D eigenvalue weighted by molar-refractivity contribution is 0.0922. The summed E-state index contributed by atoms with van der Waals surface area (Å²) in [5, 5.41) is 5.53. The van der Waals surface area contributed by atoms with Gasteiger partial charge >= 0.3 is 0 Å². The van der Waals surface area contributed by atoms with E-state index in [0.717, 1.165) is 16.8 Å². The standard InChI is InChI=1S/C22H25N5O4S/c1-10(2)31-18-7-13(16-9-32-22(27-16)30-5)12(6-17(18)29-4)14-8-15-19(20(28)25-14)11(3)24-21(23)26-15/h6-7,9-10,14H,8H2,1-5H3,(H,25,28)(H2,23,24,26)/t14-/m1/s1. The average Bonchev–Trinajstić information content (AvgIpc) is 3.21. The van der Waals surface area contributed by atoms with Crippen molar-refractivity contribution in [2.75, 3.05) is 20.0 Å². The Balaban J connectivity index is 1.86. The maximum atomic E-state index is 12.9. The van der Waals surface area contributed by atoms with Crippen molar-refractivity contribution in [1.29, 1.82) is 0 Å². The van der Waals surface area contributed by atoms with Gasteiger partial charge in [0, 0.05) is 17.4 Å². The van der Waals surface area contributed by atoms with E-state index in [1.165, 1.54) is 11.3 Å². The van der Waals surface area contributed by atoms with Crippen LogP contribution in [0.5, 0.6) is 16.7 Å². The number of amides is 1. The fourth-order valence-corrected chi connectivity index (χ4v) is 4.47. The van der Waals surface area contributed by atoms with Gasteiger partial charge in [-0.2, -0.15) is 0 Å². The number of carbonyl (C=O) groups is 1. The van der Waals surface area contributed by atoms with Gasteiger partial charge in [-0.3, -0.25) is 4.79 Å². The molecule has 0 saturated heterocycles. The molecule has 0 unspecified atom stereocenters. The van der Waals surface area contributed by atoms with Crippen LogP contribution in [-0.2, 0) is 6.42 Å². The van der Waals surface area contributed by atoms with E-state index in [0.29, 0.717) is 40.1 Å². The SMILES string of the molecule is COc1nc(-c2cc(OC(C)C)c(OC)cc2[C@H]2Cc3nc(N)nc(C)c3C(=O)N2)cs1. The Morgan fingerprint density at radius 1 is 1.16 bits per heavy atom. The molecule has 0 radical (unpaired) electrons. The molecule has 4 rings (SSSR count). The summed E-state index contributed by atoms with van der Waals surface area (Å²) in [5.41, 5.74) is 9.87. The van der Waals surface area contributed by atoms with Crippen LogP contribution in [0.15, 0.2) is 17.5 Å². The number of aryl methyl sites for hydroxylation is 1. The van der Waals surface area contributed by atoms with Crippen molar-refractivity contribution in [2.45, 2.75) is 39.3 Å². The van der Waals surface area contributed by atoms with Crippen molar-refractivity contribution in [3.05, 3.63) is 40.0 Å². The van der Waals surface area contributed by atoms with Crippen LogP contribution in [0.25, 0.3) is 11.3 Å². The van der Waals surface area contributed by atoms with Crippen molar-refractivity contribution in [1.82, 2.24) is 20.3 Å². The van der Waals surface area contributed by atoms with E-state index in [-0.39, 0.29) is 24.0 Å². The summed E-state index contributed by atoms with van der Waals surface area (Å²) in [5.74, 6) is 1.07. The lowest BCUT2D eigenvalue weighted by atomic mass is 9.90. The molecule has 2 aromatic heterocycles. The number of nitrogen functional groups attached to an aromatic ring is 1. The molecule has 1 atom stereocenters. The largest absolute Gasteiger partial charge is 0.493 e. The van der Waals surface area contributed by atoms with Crippen molar-refractivity contribution >= 4 is 23.2 Å². The van der Waals surface area contributed by atoms with Gasteiger partial charge in [0.2, 0.25) is 5.95 Å². The second kappa shape index (κ2) is 8.62. The zero-order valence-corrected chi connectivity index (χ0v) is 19.4. The second-order valence-electron chi connectivity index (χ2n) is 7.68. The fraction of sp³-hybridized carbons (Fsp3) is 0.364. The van der Waals surface area contributed by atoms with Crippen LogP contribution in [0, 0.1) is 6.92 Å². The van der Waals surface area contributed by atoms with Crippen molar-refractivity contribution in [2.24, 2.45) is 0 Å². The summed E-state index contributed by atoms with van der Waals surface area (Å²) >= 11 is 1.39. The second-order valence-corrected chi connectivity index (χ2v) is 8.50. The smallest absolute Gasteiger partial charge is 0.273 e. The molecule has 3 N–H and O–H groups in total. The Morgan fingerprint density at radius 2 is 1.94 bits per heavy atom. The number of fused-ring (bicyclic) bond motifs is 1. The third-order valence-corrected chi connectivity index (χ3v) is 5.92. The quantitative estimate of drug-likeness (QED) is 0.581. The Kier molecular flexibility index (Phi) is 5.88. The minimum Gasteiger partial charge on any atom is -0.493 e. The van der Waals surface area contributed by atoms with E-state index in [4.69, 9.17) is 19.9 Å². The van der Waals surface area contributed by atoms with E-state index in [1.54, 1.807) is 21.1 Å². The number of thiazole rings is 1. The number of aromatic nitrogens is 3. The number of anilines is 1. The van der Waals surface area contributed by atoms with Crippen molar-refractivity contribution < 1.29 is 19.0 Å². The number of rotatable bonds is 6. The van der Waals surface area contributed by atoms with E-state index < -0.39 is 0 Å². The number of carbonyl (C=O) groups excluding carboxylic acids is 1. The van der Waals surface area contributed by atoms with Gasteiger partial charge in [0.15, 0.2) is 11.5 Å². The minimum atomic E-state index is -0.367. The predicted molar refractivity (Wildman–Crippen MR) is 122 cm³/mol. The molecule has 0 bridgehead atoms. The molecule has 1 aliphatic rings. The monoisotopic (exact) mass is 455 g/mol. The van der Waals surface area contributed by atoms with Gasteiger partial charge in [-0.25, -0.2) is 15.0 Å². The molecule has 1 amide bonds. The molecule has 1 aliphatic heterocycles. The summed E-state index contributed by atoms with van der Waals surface area (Å²) in [6.45, 7) is 5.65. The number of nitrogens with two attached hydrogens (primary N) is 1. The third kappa shape index (κ3) is 4.05. The summed E-state index contributed by atoms with van der Waals surface area (Å²) in [7, 11) is 3.17. The number of hydrogen-bond donors (Lipinski definition) is 2. The van der Waals surface area contributed by atoms with Crippen LogP contribution in [-0.4, -0.2) is 41.2 Å². The molecular formula is C22H25N5O4S. The molecule has 168 valence electrons. The van der Waals surface area contributed by atoms with Crippen LogP contribution < -0.4 is 25.3 Å². The van der Waals surface area contributed by atoms with Crippen LogP contribution in [0.3, 0.4) is 0 Å². The number of methoxy groups -OCH3 is 2. The lowest BCUT2D eigenvalue weighted by Crippen LogP contribution is -2.37. The topological polar surface area (TPSA) is 121 Å². The molecule has 32 heavy (non-hydrogen) atoms. The summed E-state index contributed by atoms with van der Waals surface area (Å²) in [6, 6.07) is 3.41. The lowest BCUT2D eigenvalue weighted by Gasteiger charge is -2.28. The van der Waals surface area contributed by atoms with Gasteiger partial charge in [0.05, 0.1) is 49.0 Å². The number of ether oxygens (including phenoxy) is 3. The first kappa shape index (κ1) is 21.8. The molecule has 0 fully saturated rings. The van der Waals surface area contributed by atoms with Crippen molar-refractivity contribution in [3.63, 3.8) is 0 Å². The maximum absolute atomic E-state index is 12.9. The molecule has 0 spiro atoms. The Labute approximate surface area is 190 Å². The molecule has 9 nitrogen and oxygen atoms in total. The first-order chi connectivity index (χ1) is 15.3. The summed E-state index contributed by atoms with van der Waals surface area (Å²) < 4.78 is 16.9. The number of nitrogens with zero attached hydrogens (tertiary/aromatic N) is 3. The Hall–Kier alpha value is -3.40. The molecular weight excluding hydrogens is 430 g/mol. The van der Waals surface area contributed by atoms with Gasteiger partial charge in [0.1, 0.15) is 0 Å². The highest BCUT2D eigenvalue weighted by molar-refractivity contribution is 7.11. The number of nitrogens with one attached hydrogen (secondary N) is 1. The molecule has 0 saturated carbocycles. The van der Waals surface area contributed by atoms with E-state index in [1.807, 2.05) is 31.4 Å². The van der Waals surface area contributed by atoms with Gasteiger partial charge in [-0.05, 0) is 38.5 Å². The molecule has 10 heteroatoms. The van der Waals surface area contributed by atoms with Gasteiger partial charge in [0.25, 0.3) is 11.1 Å². The zero-order chi connectivity index (χ0) is 23.0. The highest BCUT2D eigenvalue weighted by Gasteiger charge is 2.32. The maximum Gasteiger partial charge on any atom is 0.273 e.